The lowest BCUT2D eigenvalue weighted by Crippen LogP contribution is -2.56. The van der Waals surface area contributed by atoms with Crippen molar-refractivity contribution in [2.24, 2.45) is 17.4 Å². The molecule has 8 N–H and O–H groups in total. The highest BCUT2D eigenvalue weighted by molar-refractivity contribution is 5.95. The number of rotatable bonds is 11. The molecule has 0 aliphatic carbocycles. The number of hydrogen-bond donors (Lipinski definition) is 6. The van der Waals surface area contributed by atoms with Crippen LogP contribution < -0.4 is 27.4 Å². The Balaban J connectivity index is 4.96. The van der Waals surface area contributed by atoms with Crippen LogP contribution in [0.2, 0.25) is 0 Å². The fraction of sp³-hybridized carbons (Fsp3) is 0.667. The summed E-state index contributed by atoms with van der Waals surface area (Å²) in [5, 5.41) is 16.1. The molecule has 0 heterocycles. The first-order valence-corrected chi connectivity index (χ1v) is 8.14. The van der Waals surface area contributed by atoms with Gasteiger partial charge in [-0.05, 0) is 12.8 Å². The number of carbonyl (C=O) groups excluding carboxylic acids is 4. The first kappa shape index (κ1) is 23.3. The van der Waals surface area contributed by atoms with Crippen LogP contribution in [0.3, 0.4) is 0 Å². The molecule has 0 radical (unpaired) electrons. The van der Waals surface area contributed by atoms with Crippen molar-refractivity contribution in [1.29, 1.82) is 0 Å². The zero-order valence-electron chi connectivity index (χ0n) is 15.1. The molecule has 4 unspecified atom stereocenters. The van der Waals surface area contributed by atoms with Gasteiger partial charge in [0, 0.05) is 0 Å². The molecule has 0 saturated heterocycles. The average Bonchev–Trinajstić information content (AvgIpc) is 2.56. The molecule has 4 amide bonds. The maximum absolute atomic E-state index is 12.2. The number of carbonyl (C=O) groups is 5. The van der Waals surface area contributed by atoms with Crippen molar-refractivity contribution in [2.45, 2.75) is 51.7 Å². The van der Waals surface area contributed by atoms with Crippen LogP contribution in [0.25, 0.3) is 0 Å². The van der Waals surface area contributed by atoms with Gasteiger partial charge in [-0.25, -0.2) is 4.79 Å². The zero-order chi connectivity index (χ0) is 20.4. The summed E-state index contributed by atoms with van der Waals surface area (Å²) in [5.74, 6) is -4.54. The van der Waals surface area contributed by atoms with Crippen molar-refractivity contribution < 1.29 is 29.1 Å². The van der Waals surface area contributed by atoms with Gasteiger partial charge in [0.25, 0.3) is 0 Å². The Morgan fingerprint density at radius 3 is 2.00 bits per heavy atom. The van der Waals surface area contributed by atoms with Crippen LogP contribution in [-0.2, 0) is 24.0 Å². The summed E-state index contributed by atoms with van der Waals surface area (Å²) in [4.78, 5) is 58.0. The van der Waals surface area contributed by atoms with E-state index in [1.165, 1.54) is 6.92 Å². The lowest BCUT2D eigenvalue weighted by atomic mass is 9.99. The van der Waals surface area contributed by atoms with E-state index in [2.05, 4.69) is 16.0 Å². The Morgan fingerprint density at radius 2 is 1.58 bits per heavy atom. The van der Waals surface area contributed by atoms with Crippen LogP contribution in [0.5, 0.6) is 0 Å². The number of carboxylic acids is 1. The third-order valence-corrected chi connectivity index (χ3v) is 3.77. The van der Waals surface area contributed by atoms with Crippen molar-refractivity contribution in [3.05, 3.63) is 0 Å². The van der Waals surface area contributed by atoms with Gasteiger partial charge in [-0.3, -0.25) is 19.2 Å². The van der Waals surface area contributed by atoms with Crippen molar-refractivity contribution >= 4 is 29.6 Å². The molecule has 26 heavy (non-hydrogen) atoms. The topological polar surface area (TPSA) is 194 Å². The monoisotopic (exact) mass is 373 g/mol. The molecule has 0 aromatic heterocycles. The highest BCUT2D eigenvalue weighted by Crippen LogP contribution is 2.08. The molecule has 11 heteroatoms. The van der Waals surface area contributed by atoms with E-state index in [4.69, 9.17) is 11.5 Å². The molecule has 0 aromatic carbocycles. The molecule has 0 aromatic rings. The van der Waals surface area contributed by atoms with Gasteiger partial charge in [0.15, 0.2) is 0 Å². The second-order valence-electron chi connectivity index (χ2n) is 5.93. The number of nitrogens with two attached hydrogens (primary N) is 2. The molecule has 0 rings (SSSR count). The van der Waals surface area contributed by atoms with E-state index < -0.39 is 60.7 Å². The molecule has 4 atom stereocenters. The second-order valence-corrected chi connectivity index (χ2v) is 5.93. The molecule has 0 aliphatic heterocycles. The highest BCUT2D eigenvalue weighted by Gasteiger charge is 2.29. The largest absolute Gasteiger partial charge is 0.480 e. The Hall–Kier alpha value is -2.69. The fourth-order valence-electron chi connectivity index (χ4n) is 2.00. The van der Waals surface area contributed by atoms with Crippen LogP contribution in [0.4, 0.5) is 0 Å². The van der Waals surface area contributed by atoms with Crippen molar-refractivity contribution in [2.75, 3.05) is 6.54 Å². The summed E-state index contributed by atoms with van der Waals surface area (Å²) in [5.41, 5.74) is 10.2. The normalized spacial score (nSPS) is 15.1. The van der Waals surface area contributed by atoms with Gasteiger partial charge in [-0.15, -0.1) is 0 Å². The number of carboxylic acid groups (broad SMARTS) is 1. The molecule has 0 bridgehead atoms. The lowest BCUT2D eigenvalue weighted by molar-refractivity contribution is -0.143. The van der Waals surface area contributed by atoms with Gasteiger partial charge in [0.1, 0.15) is 18.1 Å². The second kappa shape index (κ2) is 11.0. The third-order valence-electron chi connectivity index (χ3n) is 3.77. The third kappa shape index (κ3) is 7.92. The Morgan fingerprint density at radius 1 is 1.00 bits per heavy atom. The van der Waals surface area contributed by atoms with Crippen molar-refractivity contribution in [1.82, 2.24) is 16.0 Å². The fourth-order valence-corrected chi connectivity index (χ4v) is 2.00. The van der Waals surface area contributed by atoms with Gasteiger partial charge >= 0.3 is 5.97 Å². The number of primary amides is 1. The average molecular weight is 373 g/mol. The summed E-state index contributed by atoms with van der Waals surface area (Å²) in [6, 6.07) is -3.49. The maximum Gasteiger partial charge on any atom is 0.326 e. The minimum Gasteiger partial charge on any atom is -0.480 e. The molecule has 148 valence electrons. The molecule has 0 spiro atoms. The predicted molar refractivity (Wildman–Crippen MR) is 91.4 cm³/mol. The van der Waals surface area contributed by atoms with E-state index in [1.807, 2.05) is 0 Å². The number of amides is 4. The summed E-state index contributed by atoms with van der Waals surface area (Å²) in [6.07, 6.45) is 0.0559. The Bertz CT molecular complexity index is 553. The van der Waals surface area contributed by atoms with Crippen LogP contribution in [0.15, 0.2) is 0 Å². The summed E-state index contributed by atoms with van der Waals surface area (Å²) >= 11 is 0. The Labute approximate surface area is 151 Å². The van der Waals surface area contributed by atoms with Gasteiger partial charge < -0.3 is 32.5 Å². The lowest BCUT2D eigenvalue weighted by Gasteiger charge is -2.24. The molecule has 0 fully saturated rings. The first-order chi connectivity index (χ1) is 12.0. The standard InChI is InChI=1S/C15H27N5O6/c1-4-7(2)12(15(25)26)20-13(23)8(3)18-14(24)9(5-10(17)21)19-11(22)6-16/h7-9,12H,4-6,16H2,1-3H3,(H2,17,21)(H,18,24)(H,19,22)(H,20,23)(H,25,26). The summed E-state index contributed by atoms with van der Waals surface area (Å²) < 4.78 is 0. The minimum absolute atomic E-state index is 0.314. The SMILES string of the molecule is CCC(C)C(NC(=O)C(C)NC(=O)C(CC(N)=O)NC(=O)CN)C(=O)O. The van der Waals surface area contributed by atoms with Gasteiger partial charge in [0.2, 0.25) is 23.6 Å². The van der Waals surface area contributed by atoms with Crippen LogP contribution in [-0.4, -0.2) is 59.4 Å². The molecule has 11 nitrogen and oxygen atoms in total. The van der Waals surface area contributed by atoms with Crippen LogP contribution in [0.1, 0.15) is 33.6 Å². The summed E-state index contributed by atoms with van der Waals surface area (Å²) in [7, 11) is 0. The van der Waals surface area contributed by atoms with E-state index in [0.29, 0.717) is 6.42 Å². The molecule has 0 aliphatic rings. The van der Waals surface area contributed by atoms with Crippen LogP contribution in [0, 0.1) is 5.92 Å². The van der Waals surface area contributed by atoms with E-state index in [9.17, 15) is 29.1 Å². The highest BCUT2D eigenvalue weighted by atomic mass is 16.4. The maximum atomic E-state index is 12.2. The van der Waals surface area contributed by atoms with Crippen LogP contribution >= 0.6 is 0 Å². The van der Waals surface area contributed by atoms with Gasteiger partial charge in [-0.2, -0.15) is 0 Å². The smallest absolute Gasteiger partial charge is 0.326 e. The molecular formula is C15H27N5O6. The van der Waals surface area contributed by atoms with E-state index in [-0.39, 0.29) is 5.92 Å². The predicted octanol–water partition coefficient (Wildman–Crippen LogP) is -2.57. The van der Waals surface area contributed by atoms with E-state index in [1.54, 1.807) is 13.8 Å². The number of nitrogens with one attached hydrogen (secondary N) is 3. The van der Waals surface area contributed by atoms with E-state index in [0.717, 1.165) is 0 Å². The number of aliphatic carboxylic acids is 1. The summed E-state index contributed by atoms with van der Waals surface area (Å²) in [6.45, 7) is 4.41. The van der Waals surface area contributed by atoms with Gasteiger partial charge in [0.05, 0.1) is 13.0 Å². The number of hydrogen-bond acceptors (Lipinski definition) is 6. The molecule has 0 saturated carbocycles. The van der Waals surface area contributed by atoms with Gasteiger partial charge in [-0.1, -0.05) is 20.3 Å². The first-order valence-electron chi connectivity index (χ1n) is 8.14. The minimum atomic E-state index is -1.29. The zero-order valence-corrected chi connectivity index (χ0v) is 15.1. The molecular weight excluding hydrogens is 346 g/mol. The Kier molecular flexibility index (Phi) is 9.89. The van der Waals surface area contributed by atoms with E-state index >= 15 is 0 Å². The van der Waals surface area contributed by atoms with Crippen molar-refractivity contribution in [3.63, 3.8) is 0 Å². The van der Waals surface area contributed by atoms with Crippen molar-refractivity contribution in [3.8, 4) is 0 Å². The quantitative estimate of drug-likeness (QED) is 0.229.